The van der Waals surface area contributed by atoms with Crippen LogP contribution in [0, 0.1) is 0 Å². The second-order valence-electron chi connectivity index (χ2n) is 5.54. The molecule has 4 nitrogen and oxygen atoms in total. The first kappa shape index (κ1) is 14.9. The molecule has 3 N–H and O–H groups in total. The molecule has 0 radical (unpaired) electrons. The predicted octanol–water partition coefficient (Wildman–Crippen LogP) is 2.85. The van der Waals surface area contributed by atoms with Crippen LogP contribution in [0.15, 0.2) is 18.2 Å². The summed E-state index contributed by atoms with van der Waals surface area (Å²) in [7, 11) is 0. The zero-order valence-electron chi connectivity index (χ0n) is 12.3. The molecule has 0 aromatic heterocycles. The van der Waals surface area contributed by atoms with Gasteiger partial charge in [0, 0.05) is 12.2 Å². The fraction of sp³-hybridized carbons (Fsp3) is 0.562. The lowest BCUT2D eigenvalue weighted by Crippen LogP contribution is -2.48. The highest BCUT2D eigenvalue weighted by Crippen LogP contribution is 2.30. The van der Waals surface area contributed by atoms with Gasteiger partial charge in [0.05, 0.1) is 5.60 Å². The third kappa shape index (κ3) is 3.31. The number of urea groups is 1. The van der Waals surface area contributed by atoms with E-state index in [1.54, 1.807) is 0 Å². The number of amides is 2. The van der Waals surface area contributed by atoms with Gasteiger partial charge in [0.15, 0.2) is 0 Å². The van der Waals surface area contributed by atoms with E-state index < -0.39 is 5.60 Å². The van der Waals surface area contributed by atoms with Gasteiger partial charge < -0.3 is 15.7 Å². The number of rotatable bonds is 5. The van der Waals surface area contributed by atoms with Gasteiger partial charge in [-0.25, -0.2) is 4.79 Å². The second-order valence-corrected chi connectivity index (χ2v) is 5.54. The minimum atomic E-state index is -0.685. The Kier molecular flexibility index (Phi) is 4.65. The number of para-hydroxylation sites is 1. The van der Waals surface area contributed by atoms with E-state index in [-0.39, 0.29) is 6.03 Å². The van der Waals surface area contributed by atoms with Gasteiger partial charge in [0.1, 0.15) is 0 Å². The highest BCUT2D eigenvalue weighted by Gasteiger charge is 2.34. The summed E-state index contributed by atoms with van der Waals surface area (Å²) in [4.78, 5) is 12.0. The molecule has 1 aliphatic carbocycles. The third-order valence-electron chi connectivity index (χ3n) is 4.10. The number of aliphatic hydroxyl groups is 1. The van der Waals surface area contributed by atoms with Gasteiger partial charge in [-0.2, -0.15) is 0 Å². The number of hydrogen-bond acceptors (Lipinski definition) is 2. The van der Waals surface area contributed by atoms with Crippen LogP contribution in [0.4, 0.5) is 10.5 Å². The van der Waals surface area contributed by atoms with E-state index >= 15 is 0 Å². The molecule has 110 valence electrons. The van der Waals surface area contributed by atoms with Gasteiger partial charge in [-0.05, 0) is 43.2 Å². The maximum atomic E-state index is 12.0. The minimum absolute atomic E-state index is 0.235. The van der Waals surface area contributed by atoms with Crippen LogP contribution < -0.4 is 10.6 Å². The van der Waals surface area contributed by atoms with Crippen LogP contribution in [0.3, 0.4) is 0 Å². The summed E-state index contributed by atoms with van der Waals surface area (Å²) in [6.07, 6.45) is 4.36. The number of hydrogen-bond donors (Lipinski definition) is 3. The minimum Gasteiger partial charge on any atom is -0.388 e. The molecule has 1 fully saturated rings. The van der Waals surface area contributed by atoms with Crippen molar-refractivity contribution in [2.45, 2.75) is 51.6 Å². The van der Waals surface area contributed by atoms with Crippen LogP contribution in [-0.2, 0) is 12.8 Å². The van der Waals surface area contributed by atoms with Crippen molar-refractivity contribution in [1.29, 1.82) is 0 Å². The van der Waals surface area contributed by atoms with Crippen LogP contribution in [0.5, 0.6) is 0 Å². The van der Waals surface area contributed by atoms with Crippen LogP contribution in [-0.4, -0.2) is 23.3 Å². The molecule has 1 saturated carbocycles. The maximum absolute atomic E-state index is 12.0. The molecule has 0 atom stereocenters. The number of carbonyl (C=O) groups is 1. The average molecular weight is 276 g/mol. The first-order valence-electron chi connectivity index (χ1n) is 7.46. The molecule has 4 heteroatoms. The van der Waals surface area contributed by atoms with E-state index in [4.69, 9.17) is 0 Å². The van der Waals surface area contributed by atoms with Crippen LogP contribution >= 0.6 is 0 Å². The fourth-order valence-electron chi connectivity index (χ4n) is 2.57. The van der Waals surface area contributed by atoms with Gasteiger partial charge in [-0.3, -0.25) is 0 Å². The lowest BCUT2D eigenvalue weighted by molar-refractivity contribution is -0.0287. The summed E-state index contributed by atoms with van der Waals surface area (Å²) >= 11 is 0. The molecule has 2 rings (SSSR count). The Morgan fingerprint density at radius 2 is 1.85 bits per heavy atom. The smallest absolute Gasteiger partial charge is 0.319 e. The topological polar surface area (TPSA) is 61.4 Å². The Balaban J connectivity index is 1.99. The summed E-state index contributed by atoms with van der Waals surface area (Å²) in [5, 5.41) is 15.7. The van der Waals surface area contributed by atoms with Crippen molar-refractivity contribution in [1.82, 2.24) is 5.32 Å². The van der Waals surface area contributed by atoms with Crippen molar-refractivity contribution in [2.24, 2.45) is 0 Å². The van der Waals surface area contributed by atoms with E-state index in [0.29, 0.717) is 6.54 Å². The monoisotopic (exact) mass is 276 g/mol. The quantitative estimate of drug-likeness (QED) is 0.774. The van der Waals surface area contributed by atoms with Gasteiger partial charge in [-0.1, -0.05) is 32.0 Å². The number of benzene rings is 1. The molecule has 0 bridgehead atoms. The lowest BCUT2D eigenvalue weighted by atomic mass is 9.80. The Labute approximate surface area is 120 Å². The Morgan fingerprint density at radius 1 is 1.25 bits per heavy atom. The molecule has 0 aliphatic heterocycles. The predicted molar refractivity (Wildman–Crippen MR) is 81.0 cm³/mol. The third-order valence-corrected chi connectivity index (χ3v) is 4.10. The van der Waals surface area contributed by atoms with Crippen molar-refractivity contribution < 1.29 is 9.90 Å². The molecular formula is C16H24N2O2. The zero-order chi connectivity index (χ0) is 14.6. The molecular weight excluding hydrogens is 252 g/mol. The first-order chi connectivity index (χ1) is 9.58. The Morgan fingerprint density at radius 3 is 2.30 bits per heavy atom. The standard InChI is InChI=1S/C16H24N2O2/c1-3-12-7-5-8-13(4-2)14(12)18-15(19)17-11-16(20)9-6-10-16/h5,7-8,20H,3-4,6,9-11H2,1-2H3,(H2,17,18,19). The van der Waals surface area contributed by atoms with E-state index in [2.05, 4.69) is 24.5 Å². The second kappa shape index (κ2) is 6.27. The van der Waals surface area contributed by atoms with Gasteiger partial charge in [0.25, 0.3) is 0 Å². The molecule has 1 aromatic rings. The maximum Gasteiger partial charge on any atom is 0.319 e. The van der Waals surface area contributed by atoms with Crippen molar-refractivity contribution in [3.63, 3.8) is 0 Å². The number of nitrogens with one attached hydrogen (secondary N) is 2. The zero-order valence-corrected chi connectivity index (χ0v) is 12.3. The summed E-state index contributed by atoms with van der Waals surface area (Å²) in [5.74, 6) is 0. The van der Waals surface area contributed by atoms with Crippen molar-refractivity contribution in [2.75, 3.05) is 11.9 Å². The molecule has 0 heterocycles. The molecule has 0 spiro atoms. The van der Waals surface area contributed by atoms with Crippen molar-refractivity contribution >= 4 is 11.7 Å². The summed E-state index contributed by atoms with van der Waals surface area (Å²) in [5.41, 5.74) is 2.51. The van der Waals surface area contributed by atoms with Gasteiger partial charge in [0.2, 0.25) is 0 Å². The summed E-state index contributed by atoms with van der Waals surface area (Å²) in [6.45, 7) is 4.48. The number of aryl methyl sites for hydroxylation is 2. The van der Waals surface area contributed by atoms with Crippen molar-refractivity contribution in [3.05, 3.63) is 29.3 Å². The SMILES string of the molecule is CCc1cccc(CC)c1NC(=O)NCC1(O)CCC1. The van der Waals surface area contributed by atoms with E-state index in [1.165, 1.54) is 0 Å². The van der Waals surface area contributed by atoms with E-state index in [0.717, 1.165) is 48.9 Å². The fourth-order valence-corrected chi connectivity index (χ4v) is 2.57. The highest BCUT2D eigenvalue weighted by atomic mass is 16.3. The molecule has 2 amide bonds. The number of carbonyl (C=O) groups excluding carboxylic acids is 1. The molecule has 1 aliphatic rings. The van der Waals surface area contributed by atoms with Crippen LogP contribution in [0.1, 0.15) is 44.2 Å². The highest BCUT2D eigenvalue weighted by molar-refractivity contribution is 5.91. The molecule has 0 unspecified atom stereocenters. The Bertz CT molecular complexity index is 459. The first-order valence-corrected chi connectivity index (χ1v) is 7.46. The largest absolute Gasteiger partial charge is 0.388 e. The number of anilines is 1. The van der Waals surface area contributed by atoms with Crippen molar-refractivity contribution in [3.8, 4) is 0 Å². The molecule has 1 aromatic carbocycles. The molecule has 0 saturated heterocycles. The normalized spacial score (nSPS) is 16.4. The lowest BCUT2D eigenvalue weighted by Gasteiger charge is -2.36. The summed E-state index contributed by atoms with van der Waals surface area (Å²) < 4.78 is 0. The summed E-state index contributed by atoms with van der Waals surface area (Å²) in [6, 6.07) is 5.86. The van der Waals surface area contributed by atoms with Gasteiger partial charge in [-0.15, -0.1) is 0 Å². The Hall–Kier alpha value is -1.55. The average Bonchev–Trinajstić information content (AvgIpc) is 2.43. The van der Waals surface area contributed by atoms with Crippen LogP contribution in [0.25, 0.3) is 0 Å². The van der Waals surface area contributed by atoms with Crippen LogP contribution in [0.2, 0.25) is 0 Å². The van der Waals surface area contributed by atoms with E-state index in [1.807, 2.05) is 18.2 Å². The van der Waals surface area contributed by atoms with E-state index in [9.17, 15) is 9.90 Å². The molecule has 20 heavy (non-hydrogen) atoms. The van der Waals surface area contributed by atoms with Gasteiger partial charge >= 0.3 is 6.03 Å².